The molecule has 0 fully saturated rings. The molecular formula is C20H13NO3S. The zero-order chi connectivity index (χ0) is 17.2. The van der Waals surface area contributed by atoms with Crippen molar-refractivity contribution in [1.82, 2.24) is 4.98 Å². The van der Waals surface area contributed by atoms with Gasteiger partial charge >= 0.3 is 5.97 Å². The van der Waals surface area contributed by atoms with Gasteiger partial charge in [0.15, 0.2) is 0 Å². The fourth-order valence-corrected chi connectivity index (χ4v) is 3.41. The molecule has 122 valence electrons. The van der Waals surface area contributed by atoms with Gasteiger partial charge in [0.1, 0.15) is 11.3 Å². The molecular weight excluding hydrogens is 334 g/mol. The molecule has 0 aliphatic carbocycles. The average Bonchev–Trinajstić information content (AvgIpc) is 3.11. The molecule has 0 unspecified atom stereocenters. The summed E-state index contributed by atoms with van der Waals surface area (Å²) in [5, 5.41) is 2.81. The summed E-state index contributed by atoms with van der Waals surface area (Å²) in [5.74, 6) is -0.592. The monoisotopic (exact) mass is 347 g/mol. The van der Waals surface area contributed by atoms with Crippen molar-refractivity contribution in [2.75, 3.05) is 0 Å². The zero-order valence-electron chi connectivity index (χ0n) is 13.1. The second-order valence-electron chi connectivity index (χ2n) is 5.53. The van der Waals surface area contributed by atoms with Crippen LogP contribution in [0.5, 0.6) is 5.75 Å². The Morgan fingerprint density at radius 3 is 2.60 bits per heavy atom. The van der Waals surface area contributed by atoms with Crippen molar-refractivity contribution >= 4 is 23.1 Å². The number of nitrogens with zero attached hydrogens (tertiary/aromatic N) is 1. The lowest BCUT2D eigenvalue weighted by Gasteiger charge is -2.16. The second-order valence-corrected chi connectivity index (χ2v) is 6.47. The van der Waals surface area contributed by atoms with Crippen LogP contribution in [0.15, 0.2) is 71.6 Å². The Bertz CT molecular complexity index is 989. The number of para-hydroxylation sites is 1. The van der Waals surface area contributed by atoms with E-state index in [-0.39, 0.29) is 11.4 Å². The van der Waals surface area contributed by atoms with Crippen molar-refractivity contribution < 1.29 is 14.3 Å². The third-order valence-electron chi connectivity index (χ3n) is 3.90. The summed E-state index contributed by atoms with van der Waals surface area (Å²) in [6.07, 6.45) is 2.02. The van der Waals surface area contributed by atoms with Gasteiger partial charge in [0.05, 0.1) is 16.3 Å². The van der Waals surface area contributed by atoms with Gasteiger partial charge in [-0.25, -0.2) is 9.78 Å². The van der Waals surface area contributed by atoms with Crippen LogP contribution < -0.4 is 4.74 Å². The highest BCUT2D eigenvalue weighted by Gasteiger charge is 2.30. The Hall–Kier alpha value is -3.05. The molecule has 3 aromatic rings. The number of thiazole rings is 1. The van der Waals surface area contributed by atoms with Gasteiger partial charge in [0.2, 0.25) is 5.78 Å². The van der Waals surface area contributed by atoms with E-state index in [1.54, 1.807) is 30.3 Å². The molecule has 0 bridgehead atoms. The molecule has 5 heteroatoms. The summed E-state index contributed by atoms with van der Waals surface area (Å²) in [4.78, 5) is 29.1. The molecule has 0 saturated carbocycles. The number of rotatable bonds is 3. The van der Waals surface area contributed by atoms with Crippen LogP contribution in [0.2, 0.25) is 0 Å². The summed E-state index contributed by atoms with van der Waals surface area (Å²) >= 11 is 1.50. The van der Waals surface area contributed by atoms with E-state index < -0.39 is 5.97 Å². The summed E-state index contributed by atoms with van der Waals surface area (Å²) in [6.45, 7) is 0. The van der Waals surface area contributed by atoms with E-state index in [0.717, 1.165) is 16.3 Å². The first-order valence-corrected chi connectivity index (χ1v) is 8.66. The van der Waals surface area contributed by atoms with Crippen molar-refractivity contribution in [1.29, 1.82) is 0 Å². The molecule has 25 heavy (non-hydrogen) atoms. The molecule has 0 radical (unpaired) electrons. The Morgan fingerprint density at radius 2 is 1.76 bits per heavy atom. The van der Waals surface area contributed by atoms with Crippen molar-refractivity contribution in [2.24, 2.45) is 0 Å². The van der Waals surface area contributed by atoms with Gasteiger partial charge in [-0.2, -0.15) is 0 Å². The minimum Gasteiger partial charge on any atom is -0.422 e. The molecule has 0 saturated heterocycles. The third kappa shape index (κ3) is 3.02. The van der Waals surface area contributed by atoms with Crippen LogP contribution in [0.1, 0.15) is 15.4 Å². The van der Waals surface area contributed by atoms with Crippen LogP contribution in [-0.4, -0.2) is 16.7 Å². The maximum absolute atomic E-state index is 12.5. The minimum atomic E-state index is -0.608. The number of hydrogen-bond acceptors (Lipinski definition) is 5. The number of ketones is 1. The Balaban J connectivity index is 1.57. The van der Waals surface area contributed by atoms with Crippen molar-refractivity contribution in [3.8, 4) is 17.0 Å². The zero-order valence-corrected chi connectivity index (χ0v) is 14.0. The standard InChI is InChI=1S/C20H13NO3S/c22-19-14-8-4-5-9-17(14)24-20(23)15(19)10-11-18-21-16(12-25-18)13-6-2-1-3-7-13/h1-10,12H,11H2/b15-10-. The second kappa shape index (κ2) is 6.45. The number of Topliss-reactive ketones (excluding diaryl/α,β-unsaturated/α-hetero) is 1. The van der Waals surface area contributed by atoms with Crippen molar-refractivity contribution in [3.05, 3.63) is 82.2 Å². The first-order chi connectivity index (χ1) is 12.2. The normalized spacial score (nSPS) is 15.1. The van der Waals surface area contributed by atoms with Crippen LogP contribution in [0.3, 0.4) is 0 Å². The van der Waals surface area contributed by atoms with Crippen LogP contribution in [0, 0.1) is 0 Å². The van der Waals surface area contributed by atoms with E-state index in [1.165, 1.54) is 11.3 Å². The number of aromatic nitrogens is 1. The van der Waals surface area contributed by atoms with Gasteiger partial charge in [-0.05, 0) is 12.1 Å². The summed E-state index contributed by atoms with van der Waals surface area (Å²) in [6, 6.07) is 16.6. The fraction of sp³-hybridized carbons (Fsp3) is 0.0500. The average molecular weight is 347 g/mol. The maximum Gasteiger partial charge on any atom is 0.347 e. The van der Waals surface area contributed by atoms with E-state index in [1.807, 2.05) is 35.7 Å². The molecule has 4 rings (SSSR count). The van der Waals surface area contributed by atoms with E-state index in [0.29, 0.717) is 17.7 Å². The molecule has 2 heterocycles. The third-order valence-corrected chi connectivity index (χ3v) is 4.77. The molecule has 4 nitrogen and oxygen atoms in total. The van der Waals surface area contributed by atoms with Gasteiger partial charge in [0, 0.05) is 17.4 Å². The summed E-state index contributed by atoms with van der Waals surface area (Å²) < 4.78 is 5.23. The molecule has 1 aliphatic heterocycles. The quantitative estimate of drug-likeness (QED) is 0.310. The number of esters is 1. The first kappa shape index (κ1) is 15.5. The van der Waals surface area contributed by atoms with Gasteiger partial charge in [-0.1, -0.05) is 48.5 Å². The van der Waals surface area contributed by atoms with Gasteiger partial charge in [-0.15, -0.1) is 11.3 Å². The summed E-state index contributed by atoms with van der Waals surface area (Å²) in [5.41, 5.74) is 2.41. The van der Waals surface area contributed by atoms with E-state index >= 15 is 0 Å². The molecule has 0 N–H and O–H groups in total. The Kier molecular flexibility index (Phi) is 3.99. The number of ether oxygens (including phenoxy) is 1. The largest absolute Gasteiger partial charge is 0.422 e. The van der Waals surface area contributed by atoms with E-state index in [9.17, 15) is 9.59 Å². The lowest BCUT2D eigenvalue weighted by atomic mass is 9.99. The number of allylic oxidation sites excluding steroid dienone is 1. The Morgan fingerprint density at radius 1 is 1.00 bits per heavy atom. The highest BCUT2D eigenvalue weighted by molar-refractivity contribution is 7.10. The highest BCUT2D eigenvalue weighted by atomic mass is 32.1. The van der Waals surface area contributed by atoms with Crippen molar-refractivity contribution in [3.63, 3.8) is 0 Å². The smallest absolute Gasteiger partial charge is 0.347 e. The van der Waals surface area contributed by atoms with Crippen LogP contribution in [-0.2, 0) is 11.2 Å². The fourth-order valence-electron chi connectivity index (χ4n) is 2.65. The molecule has 1 aliphatic rings. The van der Waals surface area contributed by atoms with Gasteiger partial charge in [-0.3, -0.25) is 4.79 Å². The number of fused-ring (bicyclic) bond motifs is 1. The molecule has 1 aromatic heterocycles. The molecule has 2 aromatic carbocycles. The maximum atomic E-state index is 12.5. The Labute approximate surface area is 148 Å². The highest BCUT2D eigenvalue weighted by Crippen LogP contribution is 2.28. The van der Waals surface area contributed by atoms with E-state index in [2.05, 4.69) is 4.98 Å². The number of benzene rings is 2. The lowest BCUT2D eigenvalue weighted by molar-refractivity contribution is -0.130. The number of hydrogen-bond donors (Lipinski definition) is 0. The van der Waals surface area contributed by atoms with E-state index in [4.69, 9.17) is 4.74 Å². The SMILES string of the molecule is O=C1Oc2ccccc2C(=O)/C1=C/Cc1nc(-c2ccccc2)cs1. The molecule has 0 atom stereocenters. The van der Waals surface area contributed by atoms with Crippen molar-refractivity contribution in [2.45, 2.75) is 6.42 Å². The number of carbonyl (C=O) groups excluding carboxylic acids is 2. The predicted molar refractivity (Wildman–Crippen MR) is 95.7 cm³/mol. The lowest BCUT2D eigenvalue weighted by Crippen LogP contribution is -2.25. The van der Waals surface area contributed by atoms with Gasteiger partial charge < -0.3 is 4.74 Å². The topological polar surface area (TPSA) is 56.3 Å². The predicted octanol–water partition coefficient (Wildman–Crippen LogP) is 4.08. The van der Waals surface area contributed by atoms with Crippen LogP contribution in [0.25, 0.3) is 11.3 Å². The van der Waals surface area contributed by atoms with Crippen LogP contribution in [0.4, 0.5) is 0 Å². The first-order valence-electron chi connectivity index (χ1n) is 7.78. The minimum absolute atomic E-state index is 0.0650. The molecule has 0 amide bonds. The molecule has 0 spiro atoms. The summed E-state index contributed by atoms with van der Waals surface area (Å²) in [7, 11) is 0. The van der Waals surface area contributed by atoms with Gasteiger partial charge in [0.25, 0.3) is 0 Å². The van der Waals surface area contributed by atoms with Crippen LogP contribution >= 0.6 is 11.3 Å². The number of carbonyl (C=O) groups is 2.